The van der Waals surface area contributed by atoms with Gasteiger partial charge in [-0.05, 0) is 13.3 Å². The molecule has 82 valence electrons. The Hall–Kier alpha value is -0.610. The van der Waals surface area contributed by atoms with E-state index in [4.69, 9.17) is 9.84 Å². The van der Waals surface area contributed by atoms with E-state index in [1.807, 2.05) is 6.92 Å². The molecule has 0 aromatic rings. The molecule has 1 heterocycles. The Morgan fingerprint density at radius 3 is 2.86 bits per heavy atom. The van der Waals surface area contributed by atoms with Crippen molar-refractivity contribution in [2.24, 2.45) is 5.92 Å². The SMILES string of the molecule is CCOCCCC(=O)N1CC(CO)C1. The summed E-state index contributed by atoms with van der Waals surface area (Å²) in [6, 6.07) is 0. The molecule has 14 heavy (non-hydrogen) atoms. The predicted octanol–water partition coefficient (Wildman–Crippen LogP) is 0.254. The molecule has 1 saturated heterocycles. The lowest BCUT2D eigenvalue weighted by molar-refractivity contribution is -0.138. The van der Waals surface area contributed by atoms with Gasteiger partial charge in [0, 0.05) is 45.2 Å². The molecule has 0 aliphatic carbocycles. The van der Waals surface area contributed by atoms with Gasteiger partial charge in [0.15, 0.2) is 0 Å². The topological polar surface area (TPSA) is 49.8 Å². The van der Waals surface area contributed by atoms with Crippen molar-refractivity contribution < 1.29 is 14.6 Å². The van der Waals surface area contributed by atoms with E-state index in [1.165, 1.54) is 0 Å². The first kappa shape index (κ1) is 11.5. The molecular formula is C10H19NO3. The van der Waals surface area contributed by atoms with Crippen molar-refractivity contribution in [3.05, 3.63) is 0 Å². The minimum atomic E-state index is 0.189. The van der Waals surface area contributed by atoms with Crippen LogP contribution in [-0.2, 0) is 9.53 Å². The van der Waals surface area contributed by atoms with Crippen molar-refractivity contribution in [3.8, 4) is 0 Å². The normalized spacial score (nSPS) is 16.9. The molecule has 0 aromatic heterocycles. The Balaban J connectivity index is 2.00. The molecule has 4 heteroatoms. The summed E-state index contributed by atoms with van der Waals surface area (Å²) in [6.07, 6.45) is 1.37. The number of amides is 1. The molecule has 0 atom stereocenters. The monoisotopic (exact) mass is 201 g/mol. The second kappa shape index (κ2) is 5.98. The van der Waals surface area contributed by atoms with E-state index in [-0.39, 0.29) is 12.5 Å². The summed E-state index contributed by atoms with van der Waals surface area (Å²) in [5, 5.41) is 8.77. The lowest BCUT2D eigenvalue weighted by Crippen LogP contribution is -2.51. The summed E-state index contributed by atoms with van der Waals surface area (Å²) in [6.45, 7) is 4.98. The summed E-state index contributed by atoms with van der Waals surface area (Å²) >= 11 is 0. The van der Waals surface area contributed by atoms with Crippen LogP contribution < -0.4 is 0 Å². The van der Waals surface area contributed by atoms with Crippen LogP contribution in [0.4, 0.5) is 0 Å². The van der Waals surface area contributed by atoms with Crippen molar-refractivity contribution in [3.63, 3.8) is 0 Å². The van der Waals surface area contributed by atoms with E-state index in [0.717, 1.165) is 19.5 Å². The summed E-state index contributed by atoms with van der Waals surface area (Å²) in [4.78, 5) is 13.2. The maximum atomic E-state index is 11.4. The molecule has 1 aliphatic rings. The molecule has 0 aromatic carbocycles. The number of carbonyl (C=O) groups is 1. The zero-order chi connectivity index (χ0) is 10.4. The predicted molar refractivity (Wildman–Crippen MR) is 52.9 cm³/mol. The Bertz CT molecular complexity index is 178. The van der Waals surface area contributed by atoms with Gasteiger partial charge >= 0.3 is 0 Å². The molecular weight excluding hydrogens is 182 g/mol. The number of hydrogen-bond donors (Lipinski definition) is 1. The number of likely N-dealkylation sites (tertiary alicyclic amines) is 1. The van der Waals surface area contributed by atoms with Gasteiger partial charge in [-0.15, -0.1) is 0 Å². The average Bonchev–Trinajstić information content (AvgIpc) is 2.11. The molecule has 0 radical (unpaired) electrons. The smallest absolute Gasteiger partial charge is 0.222 e. The minimum absolute atomic E-state index is 0.189. The summed E-state index contributed by atoms with van der Waals surface area (Å²) in [5.74, 6) is 0.500. The highest BCUT2D eigenvalue weighted by Crippen LogP contribution is 2.15. The van der Waals surface area contributed by atoms with Crippen molar-refractivity contribution in [2.75, 3.05) is 32.9 Å². The van der Waals surface area contributed by atoms with E-state index < -0.39 is 0 Å². The molecule has 4 nitrogen and oxygen atoms in total. The van der Waals surface area contributed by atoms with E-state index in [1.54, 1.807) is 4.90 Å². The first-order chi connectivity index (χ1) is 6.77. The van der Waals surface area contributed by atoms with Crippen molar-refractivity contribution in [1.29, 1.82) is 0 Å². The summed E-state index contributed by atoms with van der Waals surface area (Å²) in [7, 11) is 0. The molecule has 1 N–H and O–H groups in total. The van der Waals surface area contributed by atoms with Gasteiger partial charge in [0.05, 0.1) is 0 Å². The number of carbonyl (C=O) groups excluding carboxylic acids is 1. The largest absolute Gasteiger partial charge is 0.396 e. The zero-order valence-corrected chi connectivity index (χ0v) is 8.74. The average molecular weight is 201 g/mol. The van der Waals surface area contributed by atoms with E-state index in [0.29, 0.717) is 25.6 Å². The van der Waals surface area contributed by atoms with Crippen LogP contribution >= 0.6 is 0 Å². The zero-order valence-electron chi connectivity index (χ0n) is 8.74. The summed E-state index contributed by atoms with van der Waals surface area (Å²) in [5.41, 5.74) is 0. The first-order valence-corrected chi connectivity index (χ1v) is 5.24. The van der Waals surface area contributed by atoms with Gasteiger partial charge in [-0.25, -0.2) is 0 Å². The first-order valence-electron chi connectivity index (χ1n) is 5.24. The maximum absolute atomic E-state index is 11.4. The fourth-order valence-electron chi connectivity index (χ4n) is 1.52. The molecule has 1 aliphatic heterocycles. The Kier molecular flexibility index (Phi) is 4.90. The number of hydrogen-bond acceptors (Lipinski definition) is 3. The number of aliphatic hydroxyl groups excluding tert-OH is 1. The van der Waals surface area contributed by atoms with Gasteiger partial charge < -0.3 is 14.7 Å². The van der Waals surface area contributed by atoms with Gasteiger partial charge in [-0.2, -0.15) is 0 Å². The number of nitrogens with zero attached hydrogens (tertiary/aromatic N) is 1. The lowest BCUT2D eigenvalue weighted by atomic mass is 10.0. The third-order valence-corrected chi connectivity index (χ3v) is 2.45. The lowest BCUT2D eigenvalue weighted by Gasteiger charge is -2.38. The molecule has 0 spiro atoms. The van der Waals surface area contributed by atoms with Crippen LogP contribution in [0.2, 0.25) is 0 Å². The van der Waals surface area contributed by atoms with Gasteiger partial charge in [-0.1, -0.05) is 0 Å². The van der Waals surface area contributed by atoms with Crippen molar-refractivity contribution in [2.45, 2.75) is 19.8 Å². The highest BCUT2D eigenvalue weighted by atomic mass is 16.5. The van der Waals surface area contributed by atoms with Crippen LogP contribution in [-0.4, -0.2) is 48.8 Å². The van der Waals surface area contributed by atoms with E-state index in [2.05, 4.69) is 0 Å². The maximum Gasteiger partial charge on any atom is 0.222 e. The third-order valence-electron chi connectivity index (χ3n) is 2.45. The summed E-state index contributed by atoms with van der Waals surface area (Å²) < 4.78 is 5.15. The standard InChI is InChI=1S/C10H19NO3/c1-2-14-5-3-4-10(13)11-6-9(7-11)8-12/h9,12H,2-8H2,1H3. The van der Waals surface area contributed by atoms with Crippen LogP contribution in [0.3, 0.4) is 0 Å². The van der Waals surface area contributed by atoms with Crippen molar-refractivity contribution >= 4 is 5.91 Å². The van der Waals surface area contributed by atoms with Gasteiger partial charge in [-0.3, -0.25) is 4.79 Å². The molecule has 1 fully saturated rings. The number of ether oxygens (including phenoxy) is 1. The molecule has 0 bridgehead atoms. The fraction of sp³-hybridized carbons (Fsp3) is 0.900. The Morgan fingerprint density at radius 1 is 1.57 bits per heavy atom. The minimum Gasteiger partial charge on any atom is -0.396 e. The van der Waals surface area contributed by atoms with E-state index in [9.17, 15) is 4.79 Å². The van der Waals surface area contributed by atoms with Crippen LogP contribution in [0.1, 0.15) is 19.8 Å². The van der Waals surface area contributed by atoms with Gasteiger partial charge in [0.25, 0.3) is 0 Å². The Labute approximate surface area is 84.8 Å². The van der Waals surface area contributed by atoms with Gasteiger partial charge in [0.2, 0.25) is 5.91 Å². The number of aliphatic hydroxyl groups is 1. The van der Waals surface area contributed by atoms with Crippen LogP contribution in [0.15, 0.2) is 0 Å². The highest BCUT2D eigenvalue weighted by Gasteiger charge is 2.29. The molecule has 1 amide bonds. The highest BCUT2D eigenvalue weighted by molar-refractivity contribution is 5.76. The fourth-order valence-corrected chi connectivity index (χ4v) is 1.52. The van der Waals surface area contributed by atoms with Crippen LogP contribution in [0.25, 0.3) is 0 Å². The second-order valence-electron chi connectivity index (χ2n) is 3.65. The quantitative estimate of drug-likeness (QED) is 0.627. The van der Waals surface area contributed by atoms with E-state index >= 15 is 0 Å². The van der Waals surface area contributed by atoms with Crippen LogP contribution in [0, 0.1) is 5.92 Å². The molecule has 0 saturated carbocycles. The van der Waals surface area contributed by atoms with Crippen LogP contribution in [0.5, 0.6) is 0 Å². The molecule has 0 unspecified atom stereocenters. The van der Waals surface area contributed by atoms with Gasteiger partial charge in [0.1, 0.15) is 0 Å². The Morgan fingerprint density at radius 2 is 2.29 bits per heavy atom. The van der Waals surface area contributed by atoms with Crippen molar-refractivity contribution in [1.82, 2.24) is 4.90 Å². The number of rotatable bonds is 6. The second-order valence-corrected chi connectivity index (χ2v) is 3.65. The third kappa shape index (κ3) is 3.27. The molecule has 1 rings (SSSR count).